The molecule has 0 saturated heterocycles. The maximum Gasteiger partial charge on any atom is 0.311 e. The van der Waals surface area contributed by atoms with Gasteiger partial charge in [-0.3, -0.25) is 4.79 Å². The first kappa shape index (κ1) is 18.1. The fourth-order valence-corrected chi connectivity index (χ4v) is 2.32. The van der Waals surface area contributed by atoms with Crippen molar-refractivity contribution in [3.05, 3.63) is 59.2 Å². The summed E-state index contributed by atoms with van der Waals surface area (Å²) in [6, 6.07) is 13.8. The number of aryl methyl sites for hydroxylation is 2. The van der Waals surface area contributed by atoms with E-state index in [2.05, 4.69) is 26.0 Å². The van der Waals surface area contributed by atoms with E-state index in [0.717, 1.165) is 11.3 Å². The summed E-state index contributed by atoms with van der Waals surface area (Å²) in [6.45, 7) is 8.87. The standard InChI is InChI=1S/C21H26O3/c1-15(2)18-8-11-19(12-9-18)23-13-5-6-21(22)24-20-10-7-16(3)17(4)14-20/h7-12,14-15H,5-6,13H2,1-4H3. The Morgan fingerprint density at radius 2 is 1.62 bits per heavy atom. The molecule has 0 aliphatic carbocycles. The molecule has 3 nitrogen and oxygen atoms in total. The molecule has 0 aromatic heterocycles. The minimum atomic E-state index is -0.225. The van der Waals surface area contributed by atoms with E-state index in [0.29, 0.717) is 31.1 Å². The molecule has 0 bridgehead atoms. The van der Waals surface area contributed by atoms with Gasteiger partial charge >= 0.3 is 5.97 Å². The molecule has 2 rings (SSSR count). The zero-order valence-electron chi connectivity index (χ0n) is 15.0. The second-order valence-corrected chi connectivity index (χ2v) is 6.40. The van der Waals surface area contributed by atoms with Gasteiger partial charge in [-0.2, -0.15) is 0 Å². The Labute approximate surface area is 144 Å². The molecule has 0 amide bonds. The number of hydrogen-bond donors (Lipinski definition) is 0. The third-order valence-electron chi connectivity index (χ3n) is 4.05. The van der Waals surface area contributed by atoms with E-state index in [1.807, 2.05) is 44.2 Å². The van der Waals surface area contributed by atoms with Gasteiger partial charge in [-0.15, -0.1) is 0 Å². The van der Waals surface area contributed by atoms with Gasteiger partial charge in [0.25, 0.3) is 0 Å². The van der Waals surface area contributed by atoms with Crippen molar-refractivity contribution < 1.29 is 14.3 Å². The van der Waals surface area contributed by atoms with Crippen LogP contribution in [0.4, 0.5) is 0 Å². The van der Waals surface area contributed by atoms with Crippen LogP contribution in [0.15, 0.2) is 42.5 Å². The first-order valence-corrected chi connectivity index (χ1v) is 8.46. The molecule has 24 heavy (non-hydrogen) atoms. The van der Waals surface area contributed by atoms with Gasteiger partial charge in [0.05, 0.1) is 6.61 Å². The Hall–Kier alpha value is -2.29. The van der Waals surface area contributed by atoms with E-state index in [-0.39, 0.29) is 5.97 Å². The molecule has 2 aromatic carbocycles. The van der Waals surface area contributed by atoms with Gasteiger partial charge in [-0.1, -0.05) is 32.0 Å². The molecule has 2 aromatic rings. The van der Waals surface area contributed by atoms with Crippen molar-refractivity contribution in [2.75, 3.05) is 6.61 Å². The summed E-state index contributed by atoms with van der Waals surface area (Å²) in [5.74, 6) is 1.73. The molecule has 0 fully saturated rings. The van der Waals surface area contributed by atoms with Gasteiger partial charge in [-0.05, 0) is 67.1 Å². The summed E-state index contributed by atoms with van der Waals surface area (Å²) < 4.78 is 11.0. The minimum Gasteiger partial charge on any atom is -0.494 e. The van der Waals surface area contributed by atoms with Crippen molar-refractivity contribution in [3.8, 4) is 11.5 Å². The van der Waals surface area contributed by atoms with E-state index in [1.54, 1.807) is 0 Å². The highest BCUT2D eigenvalue weighted by Gasteiger charge is 2.06. The Kier molecular flexibility index (Phi) is 6.42. The summed E-state index contributed by atoms with van der Waals surface area (Å²) in [5, 5.41) is 0. The molecule has 0 saturated carbocycles. The molecule has 0 spiro atoms. The zero-order valence-corrected chi connectivity index (χ0v) is 15.0. The number of carbonyl (C=O) groups excluding carboxylic acids is 1. The lowest BCUT2D eigenvalue weighted by molar-refractivity contribution is -0.134. The summed E-state index contributed by atoms with van der Waals surface area (Å²) in [6.07, 6.45) is 0.979. The van der Waals surface area contributed by atoms with Crippen LogP contribution in [0.3, 0.4) is 0 Å². The molecule has 0 aliphatic rings. The predicted molar refractivity (Wildman–Crippen MR) is 96.8 cm³/mol. The van der Waals surface area contributed by atoms with Gasteiger partial charge in [0.2, 0.25) is 0 Å². The van der Waals surface area contributed by atoms with E-state index >= 15 is 0 Å². The van der Waals surface area contributed by atoms with Gasteiger partial charge in [0.15, 0.2) is 0 Å². The van der Waals surface area contributed by atoms with Crippen molar-refractivity contribution in [1.29, 1.82) is 0 Å². The van der Waals surface area contributed by atoms with Crippen LogP contribution in [0.5, 0.6) is 11.5 Å². The fraction of sp³-hybridized carbons (Fsp3) is 0.381. The fourth-order valence-electron chi connectivity index (χ4n) is 2.32. The van der Waals surface area contributed by atoms with Crippen molar-refractivity contribution in [1.82, 2.24) is 0 Å². The summed E-state index contributed by atoms with van der Waals surface area (Å²) in [7, 11) is 0. The number of esters is 1. The van der Waals surface area contributed by atoms with Crippen LogP contribution in [0.1, 0.15) is 49.3 Å². The monoisotopic (exact) mass is 326 g/mol. The Balaban J connectivity index is 1.71. The highest BCUT2D eigenvalue weighted by Crippen LogP contribution is 2.19. The quantitative estimate of drug-likeness (QED) is 0.399. The lowest BCUT2D eigenvalue weighted by atomic mass is 10.0. The van der Waals surface area contributed by atoms with Crippen molar-refractivity contribution in [3.63, 3.8) is 0 Å². The molecule has 0 N–H and O–H groups in total. The van der Waals surface area contributed by atoms with Crippen LogP contribution in [0.25, 0.3) is 0 Å². The van der Waals surface area contributed by atoms with E-state index in [4.69, 9.17) is 9.47 Å². The Morgan fingerprint density at radius 1 is 0.958 bits per heavy atom. The number of ether oxygens (including phenoxy) is 2. The maximum atomic E-state index is 11.9. The zero-order chi connectivity index (χ0) is 17.5. The van der Waals surface area contributed by atoms with Crippen molar-refractivity contribution in [2.24, 2.45) is 0 Å². The average molecular weight is 326 g/mol. The molecule has 0 atom stereocenters. The van der Waals surface area contributed by atoms with Gasteiger partial charge in [0, 0.05) is 6.42 Å². The highest BCUT2D eigenvalue weighted by atomic mass is 16.5. The maximum absolute atomic E-state index is 11.9. The van der Waals surface area contributed by atoms with Crippen LogP contribution >= 0.6 is 0 Å². The Morgan fingerprint density at radius 3 is 2.25 bits per heavy atom. The number of rotatable bonds is 7. The van der Waals surface area contributed by atoms with Crippen LogP contribution < -0.4 is 9.47 Å². The molecule has 128 valence electrons. The lowest BCUT2D eigenvalue weighted by Crippen LogP contribution is -2.10. The predicted octanol–water partition coefficient (Wildman–Crippen LogP) is 5.19. The summed E-state index contributed by atoms with van der Waals surface area (Å²) >= 11 is 0. The van der Waals surface area contributed by atoms with E-state index in [9.17, 15) is 4.79 Å². The largest absolute Gasteiger partial charge is 0.494 e. The second-order valence-electron chi connectivity index (χ2n) is 6.40. The molecular formula is C21H26O3. The van der Waals surface area contributed by atoms with E-state index in [1.165, 1.54) is 11.1 Å². The van der Waals surface area contributed by atoms with E-state index < -0.39 is 0 Å². The number of hydrogen-bond acceptors (Lipinski definition) is 3. The summed E-state index contributed by atoms with van der Waals surface area (Å²) in [5.41, 5.74) is 3.60. The molecule has 0 heterocycles. The van der Waals surface area contributed by atoms with Crippen LogP contribution in [-0.4, -0.2) is 12.6 Å². The lowest BCUT2D eigenvalue weighted by Gasteiger charge is -2.09. The average Bonchev–Trinajstić information content (AvgIpc) is 2.55. The molecule has 0 unspecified atom stereocenters. The van der Waals surface area contributed by atoms with Gasteiger partial charge < -0.3 is 9.47 Å². The van der Waals surface area contributed by atoms with Crippen LogP contribution in [0.2, 0.25) is 0 Å². The summed E-state index contributed by atoms with van der Waals surface area (Å²) in [4.78, 5) is 11.9. The number of carbonyl (C=O) groups is 1. The second kappa shape index (κ2) is 8.53. The third-order valence-corrected chi connectivity index (χ3v) is 4.05. The van der Waals surface area contributed by atoms with Crippen LogP contribution in [-0.2, 0) is 4.79 Å². The van der Waals surface area contributed by atoms with Gasteiger partial charge in [-0.25, -0.2) is 0 Å². The van der Waals surface area contributed by atoms with Crippen molar-refractivity contribution in [2.45, 2.75) is 46.5 Å². The number of benzene rings is 2. The molecule has 3 heteroatoms. The smallest absolute Gasteiger partial charge is 0.311 e. The van der Waals surface area contributed by atoms with Gasteiger partial charge in [0.1, 0.15) is 11.5 Å². The Bertz CT molecular complexity index is 672. The first-order valence-electron chi connectivity index (χ1n) is 8.46. The van der Waals surface area contributed by atoms with Crippen LogP contribution in [0, 0.1) is 13.8 Å². The minimum absolute atomic E-state index is 0.225. The molecular weight excluding hydrogens is 300 g/mol. The first-order chi connectivity index (χ1) is 11.5. The third kappa shape index (κ3) is 5.41. The molecule has 0 radical (unpaired) electrons. The molecule has 0 aliphatic heterocycles. The normalized spacial score (nSPS) is 10.7. The van der Waals surface area contributed by atoms with Crippen molar-refractivity contribution >= 4 is 5.97 Å². The SMILES string of the molecule is Cc1ccc(OC(=O)CCCOc2ccc(C(C)C)cc2)cc1C. The highest BCUT2D eigenvalue weighted by molar-refractivity contribution is 5.72. The topological polar surface area (TPSA) is 35.5 Å².